The lowest BCUT2D eigenvalue weighted by Gasteiger charge is -2.18. The van der Waals surface area contributed by atoms with Crippen LogP contribution in [0.3, 0.4) is 0 Å². The molecular weight excluding hydrogens is 362 g/mol. The number of rotatable bonds is 3. The van der Waals surface area contributed by atoms with Crippen LogP contribution in [0.25, 0.3) is 33.7 Å². The first-order valence-electron chi connectivity index (χ1n) is 10.4. The van der Waals surface area contributed by atoms with Crippen LogP contribution in [0, 0.1) is 0 Å². The standard InChI is InChI=1S/C23H23N5O/c1-2-11-27(10-1)18-14-20-22-21(15-18)29-13-3-12-28(22)23(25-20)17-6-4-16(5-7-17)19-8-9-24-26-19/h4-9,14-15H,1-3,10-13H2,(H,24,26). The number of aromatic nitrogens is 4. The molecule has 1 N–H and O–H groups in total. The number of aromatic amines is 1. The molecule has 146 valence electrons. The van der Waals surface area contributed by atoms with Crippen LogP contribution in [0.4, 0.5) is 5.69 Å². The molecule has 0 radical (unpaired) electrons. The molecule has 0 amide bonds. The molecule has 1 saturated heterocycles. The fraction of sp³-hybridized carbons (Fsp3) is 0.304. The quantitative estimate of drug-likeness (QED) is 0.565. The second-order valence-electron chi connectivity index (χ2n) is 7.84. The fourth-order valence-electron chi connectivity index (χ4n) is 4.54. The Hall–Kier alpha value is -3.28. The number of ether oxygens (including phenoxy) is 1. The summed E-state index contributed by atoms with van der Waals surface area (Å²) >= 11 is 0. The molecule has 2 aromatic heterocycles. The van der Waals surface area contributed by atoms with E-state index in [0.717, 1.165) is 72.1 Å². The van der Waals surface area contributed by atoms with Gasteiger partial charge in [0.25, 0.3) is 0 Å². The van der Waals surface area contributed by atoms with Crippen molar-refractivity contribution < 1.29 is 4.74 Å². The lowest BCUT2D eigenvalue weighted by molar-refractivity contribution is 0.316. The minimum atomic E-state index is 0.748. The Morgan fingerprint density at radius 1 is 0.897 bits per heavy atom. The third-order valence-corrected chi connectivity index (χ3v) is 6.00. The van der Waals surface area contributed by atoms with Crippen LogP contribution < -0.4 is 9.64 Å². The van der Waals surface area contributed by atoms with Crippen LogP contribution in [-0.2, 0) is 6.54 Å². The number of nitrogens with one attached hydrogen (secondary N) is 1. The van der Waals surface area contributed by atoms with E-state index in [0.29, 0.717) is 0 Å². The number of hydrogen-bond acceptors (Lipinski definition) is 4. The summed E-state index contributed by atoms with van der Waals surface area (Å²) in [6, 6.07) is 15.0. The Balaban J connectivity index is 1.47. The SMILES string of the molecule is c1cc(-c2ccc(-c3nc4cc(N5CCCC5)cc5c4n3CCCO5)cc2)[nH]n1. The molecule has 0 aliphatic carbocycles. The molecule has 0 spiro atoms. The molecule has 6 rings (SSSR count). The van der Waals surface area contributed by atoms with E-state index < -0.39 is 0 Å². The van der Waals surface area contributed by atoms with Gasteiger partial charge in [0.1, 0.15) is 17.1 Å². The Labute approximate surface area is 169 Å². The van der Waals surface area contributed by atoms with Crippen molar-refractivity contribution in [1.29, 1.82) is 0 Å². The molecule has 2 aliphatic heterocycles. The Morgan fingerprint density at radius 2 is 1.72 bits per heavy atom. The maximum atomic E-state index is 6.14. The monoisotopic (exact) mass is 385 g/mol. The van der Waals surface area contributed by atoms with E-state index >= 15 is 0 Å². The summed E-state index contributed by atoms with van der Waals surface area (Å²) in [4.78, 5) is 7.50. The number of aryl methyl sites for hydroxylation is 1. The van der Waals surface area contributed by atoms with Crippen LogP contribution >= 0.6 is 0 Å². The second kappa shape index (κ2) is 6.65. The molecule has 0 unspecified atom stereocenters. The van der Waals surface area contributed by atoms with E-state index in [4.69, 9.17) is 9.72 Å². The van der Waals surface area contributed by atoms with Crippen molar-refractivity contribution in [2.24, 2.45) is 0 Å². The average Bonchev–Trinajstić information content (AvgIpc) is 3.49. The van der Waals surface area contributed by atoms with E-state index in [9.17, 15) is 0 Å². The molecule has 1 fully saturated rings. The van der Waals surface area contributed by atoms with Crippen molar-refractivity contribution in [3.05, 3.63) is 48.7 Å². The Morgan fingerprint density at radius 3 is 2.52 bits per heavy atom. The molecule has 0 bridgehead atoms. The van der Waals surface area contributed by atoms with Crippen LogP contribution in [0.15, 0.2) is 48.7 Å². The number of anilines is 1. The topological polar surface area (TPSA) is 59.0 Å². The maximum Gasteiger partial charge on any atom is 0.147 e. The highest BCUT2D eigenvalue weighted by Crippen LogP contribution is 2.37. The minimum Gasteiger partial charge on any atom is -0.491 e. The van der Waals surface area contributed by atoms with Crippen LogP contribution in [-0.4, -0.2) is 39.4 Å². The summed E-state index contributed by atoms with van der Waals surface area (Å²) in [5.74, 6) is 1.98. The molecule has 0 saturated carbocycles. The minimum absolute atomic E-state index is 0.748. The van der Waals surface area contributed by atoms with Crippen molar-refractivity contribution >= 4 is 16.7 Å². The van der Waals surface area contributed by atoms with Gasteiger partial charge >= 0.3 is 0 Å². The lowest BCUT2D eigenvalue weighted by Crippen LogP contribution is -2.17. The number of nitrogens with zero attached hydrogens (tertiary/aromatic N) is 4. The highest BCUT2D eigenvalue weighted by Gasteiger charge is 2.22. The Kier molecular flexibility index (Phi) is 3.82. The van der Waals surface area contributed by atoms with Gasteiger partial charge in [-0.25, -0.2) is 4.98 Å². The lowest BCUT2D eigenvalue weighted by atomic mass is 10.1. The van der Waals surface area contributed by atoms with Gasteiger partial charge < -0.3 is 14.2 Å². The van der Waals surface area contributed by atoms with E-state index in [2.05, 4.69) is 56.1 Å². The first kappa shape index (κ1) is 16.7. The summed E-state index contributed by atoms with van der Waals surface area (Å²) in [5, 5.41) is 7.07. The third kappa shape index (κ3) is 2.78. The van der Waals surface area contributed by atoms with E-state index in [-0.39, 0.29) is 0 Å². The van der Waals surface area contributed by atoms with Gasteiger partial charge in [0.15, 0.2) is 0 Å². The highest BCUT2D eigenvalue weighted by atomic mass is 16.5. The molecule has 4 heterocycles. The summed E-state index contributed by atoms with van der Waals surface area (Å²) in [6.45, 7) is 3.91. The van der Waals surface area contributed by atoms with Crippen molar-refractivity contribution in [2.75, 3.05) is 24.6 Å². The fourth-order valence-corrected chi connectivity index (χ4v) is 4.54. The normalized spacial score (nSPS) is 16.2. The van der Waals surface area contributed by atoms with Crippen molar-refractivity contribution in [3.8, 4) is 28.4 Å². The van der Waals surface area contributed by atoms with Gasteiger partial charge in [-0.3, -0.25) is 5.10 Å². The van der Waals surface area contributed by atoms with Gasteiger partial charge in [0.2, 0.25) is 0 Å². The van der Waals surface area contributed by atoms with Gasteiger partial charge in [-0.2, -0.15) is 5.10 Å². The zero-order chi connectivity index (χ0) is 19.2. The summed E-state index contributed by atoms with van der Waals surface area (Å²) in [7, 11) is 0. The average molecular weight is 385 g/mol. The molecule has 6 heteroatoms. The maximum absolute atomic E-state index is 6.14. The van der Waals surface area contributed by atoms with E-state index in [1.54, 1.807) is 6.20 Å². The van der Waals surface area contributed by atoms with Gasteiger partial charge in [-0.05, 0) is 37.0 Å². The first-order chi connectivity index (χ1) is 14.4. The number of H-pyrrole nitrogens is 1. The van der Waals surface area contributed by atoms with Crippen molar-refractivity contribution in [3.63, 3.8) is 0 Å². The smallest absolute Gasteiger partial charge is 0.147 e. The van der Waals surface area contributed by atoms with Crippen LogP contribution in [0.2, 0.25) is 0 Å². The number of hydrogen-bond donors (Lipinski definition) is 1. The number of imidazole rings is 1. The van der Waals surface area contributed by atoms with Crippen molar-refractivity contribution in [2.45, 2.75) is 25.8 Å². The highest BCUT2D eigenvalue weighted by molar-refractivity contribution is 5.90. The summed E-state index contributed by atoms with van der Waals surface area (Å²) in [5.41, 5.74) is 6.65. The molecule has 2 aromatic carbocycles. The molecule has 0 atom stereocenters. The van der Waals surface area contributed by atoms with Gasteiger partial charge in [-0.1, -0.05) is 24.3 Å². The van der Waals surface area contributed by atoms with Gasteiger partial charge in [0.05, 0.1) is 17.8 Å². The number of benzene rings is 2. The summed E-state index contributed by atoms with van der Waals surface area (Å²) in [6.07, 6.45) is 5.28. The predicted molar refractivity (Wildman–Crippen MR) is 114 cm³/mol. The largest absolute Gasteiger partial charge is 0.491 e. The third-order valence-electron chi connectivity index (χ3n) is 6.00. The van der Waals surface area contributed by atoms with Crippen LogP contribution in [0.5, 0.6) is 5.75 Å². The predicted octanol–water partition coefficient (Wildman–Crippen LogP) is 4.48. The second-order valence-corrected chi connectivity index (χ2v) is 7.84. The molecule has 6 nitrogen and oxygen atoms in total. The van der Waals surface area contributed by atoms with E-state index in [1.807, 2.05) is 6.07 Å². The Bertz CT molecular complexity index is 1150. The summed E-state index contributed by atoms with van der Waals surface area (Å²) < 4.78 is 8.47. The molecule has 2 aliphatic rings. The van der Waals surface area contributed by atoms with Crippen LogP contribution in [0.1, 0.15) is 19.3 Å². The zero-order valence-electron chi connectivity index (χ0n) is 16.3. The van der Waals surface area contributed by atoms with Gasteiger partial charge in [0, 0.05) is 43.1 Å². The molecule has 4 aromatic rings. The molecule has 29 heavy (non-hydrogen) atoms. The van der Waals surface area contributed by atoms with E-state index in [1.165, 1.54) is 18.5 Å². The zero-order valence-corrected chi connectivity index (χ0v) is 16.3. The first-order valence-corrected chi connectivity index (χ1v) is 10.4. The van der Waals surface area contributed by atoms with Crippen molar-refractivity contribution in [1.82, 2.24) is 19.7 Å². The molecular formula is C23H23N5O. The van der Waals surface area contributed by atoms with Gasteiger partial charge in [-0.15, -0.1) is 0 Å².